The average Bonchev–Trinajstić information content (AvgIpc) is 3.13. The van der Waals surface area contributed by atoms with Crippen LogP contribution in [0.4, 0.5) is 0 Å². The fourth-order valence-corrected chi connectivity index (χ4v) is 4.52. The molecular formula is C20H26N2O2S2. The van der Waals surface area contributed by atoms with Gasteiger partial charge in [-0.25, -0.2) is 4.98 Å². The van der Waals surface area contributed by atoms with E-state index in [1.165, 1.54) is 17.8 Å². The number of thioether (sulfide) groups is 1. The lowest BCUT2D eigenvalue weighted by molar-refractivity contribution is 0.0640. The van der Waals surface area contributed by atoms with E-state index in [1.54, 1.807) is 6.20 Å². The van der Waals surface area contributed by atoms with Gasteiger partial charge < -0.3 is 9.64 Å². The number of piperidine rings is 1. The highest BCUT2D eigenvalue weighted by molar-refractivity contribution is 8.00. The molecule has 1 aromatic heterocycles. The number of benzene rings is 1. The van der Waals surface area contributed by atoms with Crippen molar-refractivity contribution in [1.82, 2.24) is 9.88 Å². The third-order valence-electron chi connectivity index (χ3n) is 4.31. The molecule has 0 N–H and O–H groups in total. The second kappa shape index (κ2) is 8.44. The first-order chi connectivity index (χ1) is 12.4. The molecule has 1 aliphatic rings. The van der Waals surface area contributed by atoms with E-state index in [0.717, 1.165) is 30.7 Å². The molecular weight excluding hydrogens is 364 g/mol. The second-order valence-electron chi connectivity index (χ2n) is 7.50. The van der Waals surface area contributed by atoms with Gasteiger partial charge in [-0.1, -0.05) is 32.1 Å². The Morgan fingerprint density at radius 3 is 2.73 bits per heavy atom. The molecule has 1 amide bonds. The molecule has 4 nitrogen and oxygen atoms in total. The lowest BCUT2D eigenvalue weighted by Crippen LogP contribution is -2.45. The van der Waals surface area contributed by atoms with Gasteiger partial charge in [0.2, 0.25) is 0 Å². The molecule has 0 radical (unpaired) electrons. The largest absolute Gasteiger partial charge is 0.431 e. The monoisotopic (exact) mass is 390 g/mol. The van der Waals surface area contributed by atoms with Gasteiger partial charge >= 0.3 is 0 Å². The SMILES string of the molecule is CC(C)(C)SC[C@H]1CCCCN1C(=O)c1ccc(Oc2nccs2)cc1. The zero-order valence-electron chi connectivity index (χ0n) is 15.6. The number of thiazole rings is 1. The number of hydrogen-bond donors (Lipinski definition) is 0. The Kier molecular flexibility index (Phi) is 6.24. The van der Waals surface area contributed by atoms with E-state index >= 15 is 0 Å². The van der Waals surface area contributed by atoms with Crippen LogP contribution in [0.15, 0.2) is 35.8 Å². The Morgan fingerprint density at radius 1 is 1.31 bits per heavy atom. The van der Waals surface area contributed by atoms with Gasteiger partial charge in [0.25, 0.3) is 11.1 Å². The van der Waals surface area contributed by atoms with E-state index < -0.39 is 0 Å². The Labute approximate surface area is 164 Å². The fourth-order valence-electron chi connectivity index (χ4n) is 2.98. The lowest BCUT2D eigenvalue weighted by Gasteiger charge is -2.37. The topological polar surface area (TPSA) is 42.4 Å². The summed E-state index contributed by atoms with van der Waals surface area (Å²) in [6.07, 6.45) is 5.11. The van der Waals surface area contributed by atoms with E-state index in [9.17, 15) is 4.79 Å². The van der Waals surface area contributed by atoms with Crippen molar-refractivity contribution in [3.05, 3.63) is 41.4 Å². The summed E-state index contributed by atoms with van der Waals surface area (Å²) >= 11 is 3.39. The molecule has 6 heteroatoms. The van der Waals surface area contributed by atoms with Crippen molar-refractivity contribution in [1.29, 1.82) is 0 Å². The highest BCUT2D eigenvalue weighted by atomic mass is 32.2. The third-order valence-corrected chi connectivity index (χ3v) is 6.38. The van der Waals surface area contributed by atoms with Gasteiger partial charge in [0.15, 0.2) is 0 Å². The van der Waals surface area contributed by atoms with Crippen LogP contribution in [0.5, 0.6) is 10.9 Å². The molecule has 2 aromatic rings. The van der Waals surface area contributed by atoms with Gasteiger partial charge in [0.05, 0.1) is 0 Å². The molecule has 1 aliphatic heterocycles. The molecule has 140 valence electrons. The normalized spacial score (nSPS) is 18.0. The summed E-state index contributed by atoms with van der Waals surface area (Å²) in [7, 11) is 0. The summed E-state index contributed by atoms with van der Waals surface area (Å²) in [5.41, 5.74) is 0.726. The van der Waals surface area contributed by atoms with Crippen LogP contribution in [-0.4, -0.2) is 38.9 Å². The highest BCUT2D eigenvalue weighted by Gasteiger charge is 2.28. The number of nitrogens with zero attached hydrogens (tertiary/aromatic N) is 2. The first-order valence-electron chi connectivity index (χ1n) is 9.05. The summed E-state index contributed by atoms with van der Waals surface area (Å²) in [4.78, 5) is 19.2. The minimum Gasteiger partial charge on any atom is -0.431 e. The van der Waals surface area contributed by atoms with E-state index in [2.05, 4.69) is 30.7 Å². The van der Waals surface area contributed by atoms with Gasteiger partial charge in [-0.3, -0.25) is 4.79 Å². The van der Waals surface area contributed by atoms with E-state index in [0.29, 0.717) is 17.0 Å². The quantitative estimate of drug-likeness (QED) is 0.680. The molecule has 0 bridgehead atoms. The van der Waals surface area contributed by atoms with Crippen molar-refractivity contribution < 1.29 is 9.53 Å². The van der Waals surface area contributed by atoms with Crippen molar-refractivity contribution in [3.63, 3.8) is 0 Å². The van der Waals surface area contributed by atoms with E-state index in [1.807, 2.05) is 41.4 Å². The van der Waals surface area contributed by atoms with E-state index in [4.69, 9.17) is 4.74 Å². The molecule has 1 atom stereocenters. The summed E-state index contributed by atoms with van der Waals surface area (Å²) in [6, 6.07) is 7.73. The molecule has 1 saturated heterocycles. The zero-order chi connectivity index (χ0) is 18.6. The van der Waals surface area contributed by atoms with Crippen molar-refractivity contribution in [2.24, 2.45) is 0 Å². The number of carbonyl (C=O) groups is 1. The summed E-state index contributed by atoms with van der Waals surface area (Å²) in [6.45, 7) is 7.54. The van der Waals surface area contributed by atoms with Crippen LogP contribution < -0.4 is 4.74 Å². The zero-order valence-corrected chi connectivity index (χ0v) is 17.2. The lowest BCUT2D eigenvalue weighted by atomic mass is 10.0. The highest BCUT2D eigenvalue weighted by Crippen LogP contribution is 2.30. The Bertz CT molecular complexity index is 708. The Balaban J connectivity index is 1.66. The third kappa shape index (κ3) is 5.24. The standard InChI is InChI=1S/C20H26N2O2S2/c1-20(2,3)26-14-16-6-4-5-12-22(16)18(23)15-7-9-17(10-8-15)24-19-21-11-13-25-19/h7-11,13,16H,4-6,12,14H2,1-3H3/t16-/m1/s1. The van der Waals surface area contributed by atoms with Crippen LogP contribution in [0.2, 0.25) is 0 Å². The fraction of sp³-hybridized carbons (Fsp3) is 0.500. The minimum atomic E-state index is 0.130. The first kappa shape index (κ1) is 19.2. The molecule has 0 spiro atoms. The predicted octanol–water partition coefficient (Wildman–Crippen LogP) is 5.46. The van der Waals surface area contributed by atoms with E-state index in [-0.39, 0.29) is 10.7 Å². The molecule has 26 heavy (non-hydrogen) atoms. The summed E-state index contributed by atoms with van der Waals surface area (Å²) in [5, 5.41) is 2.48. The molecule has 1 aromatic carbocycles. The average molecular weight is 391 g/mol. The first-order valence-corrected chi connectivity index (χ1v) is 10.9. The number of hydrogen-bond acceptors (Lipinski definition) is 5. The van der Waals surface area contributed by atoms with Crippen LogP contribution in [-0.2, 0) is 0 Å². The van der Waals surface area contributed by atoms with Crippen LogP contribution >= 0.6 is 23.1 Å². The van der Waals surface area contributed by atoms with Gasteiger partial charge in [-0.15, -0.1) is 0 Å². The second-order valence-corrected chi connectivity index (χ2v) is 10.2. The van der Waals surface area contributed by atoms with Crippen LogP contribution in [0.3, 0.4) is 0 Å². The number of carbonyl (C=O) groups excluding carboxylic acids is 1. The summed E-state index contributed by atoms with van der Waals surface area (Å²) < 4.78 is 5.90. The van der Waals surface area contributed by atoms with Crippen LogP contribution in [0, 0.1) is 0 Å². The maximum atomic E-state index is 13.0. The van der Waals surface area contributed by atoms with Crippen molar-refractivity contribution in [2.75, 3.05) is 12.3 Å². The van der Waals surface area contributed by atoms with Gasteiger partial charge in [-0.2, -0.15) is 11.8 Å². The van der Waals surface area contributed by atoms with Crippen molar-refractivity contribution in [2.45, 2.75) is 50.8 Å². The number of aromatic nitrogens is 1. The maximum Gasteiger partial charge on any atom is 0.278 e. The predicted molar refractivity (Wildman–Crippen MR) is 110 cm³/mol. The van der Waals surface area contributed by atoms with Crippen molar-refractivity contribution >= 4 is 29.0 Å². The molecule has 0 aliphatic carbocycles. The summed E-state index contributed by atoms with van der Waals surface area (Å²) in [5.74, 6) is 1.83. The molecule has 2 heterocycles. The number of rotatable bonds is 5. The molecule has 1 fully saturated rings. The van der Waals surface area contributed by atoms with Crippen LogP contribution in [0.25, 0.3) is 0 Å². The Hall–Kier alpha value is -1.53. The van der Waals surface area contributed by atoms with Crippen LogP contribution in [0.1, 0.15) is 50.4 Å². The van der Waals surface area contributed by atoms with Gasteiger partial charge in [0.1, 0.15) is 5.75 Å². The molecule has 0 saturated carbocycles. The molecule has 3 rings (SSSR count). The van der Waals surface area contributed by atoms with Gasteiger partial charge in [-0.05, 0) is 43.5 Å². The number of likely N-dealkylation sites (tertiary alicyclic amines) is 1. The minimum absolute atomic E-state index is 0.130. The number of ether oxygens (including phenoxy) is 1. The maximum absolute atomic E-state index is 13.0. The van der Waals surface area contributed by atoms with Gasteiger partial charge in [0, 0.05) is 40.2 Å². The molecule has 0 unspecified atom stereocenters. The Morgan fingerprint density at radius 2 is 2.08 bits per heavy atom. The number of amides is 1. The van der Waals surface area contributed by atoms with Crippen molar-refractivity contribution in [3.8, 4) is 10.9 Å². The smallest absolute Gasteiger partial charge is 0.278 e.